The van der Waals surface area contributed by atoms with Crippen LogP contribution in [0, 0.1) is 0 Å². The number of nitrogens with zero attached hydrogens (tertiary/aromatic N) is 4. The second-order valence-electron chi connectivity index (χ2n) is 6.55. The van der Waals surface area contributed by atoms with E-state index in [4.69, 9.17) is 4.98 Å². The van der Waals surface area contributed by atoms with E-state index in [1.165, 1.54) is 21.4 Å². The van der Waals surface area contributed by atoms with Crippen molar-refractivity contribution in [1.82, 2.24) is 18.6 Å². The molecule has 0 unspecified atom stereocenters. The maximum absolute atomic E-state index is 12.8. The highest BCUT2D eigenvalue weighted by atomic mass is 32.1. The smallest absolute Gasteiger partial charge is 0.253 e. The van der Waals surface area contributed by atoms with Crippen LogP contribution in [0.5, 0.6) is 0 Å². The molecule has 5 rings (SSSR count). The van der Waals surface area contributed by atoms with Crippen molar-refractivity contribution in [3.8, 4) is 0 Å². The van der Waals surface area contributed by atoms with E-state index in [2.05, 4.69) is 26.9 Å². The molecule has 1 aliphatic rings. The van der Waals surface area contributed by atoms with Gasteiger partial charge in [0.15, 0.2) is 0 Å². The maximum atomic E-state index is 12.8. The average molecular weight is 380 g/mol. The standard InChI is InChI=1S/C19H16N4OS2/c24-19(13-5-6-14-16(11-13)22-26-21-14)23-9-7-12(8-10-23)18-20-15-3-1-2-4-17(15)25-18/h1-6,11-12H,7-10H2. The second-order valence-corrected chi connectivity index (χ2v) is 8.14. The number of amides is 1. The molecule has 3 heterocycles. The Morgan fingerprint density at radius 1 is 1.00 bits per heavy atom. The SMILES string of the molecule is O=C(c1ccc2nsnc2c1)N1CCC(c2nc3ccccc3s2)CC1. The Kier molecular flexibility index (Phi) is 3.90. The summed E-state index contributed by atoms with van der Waals surface area (Å²) in [4.78, 5) is 19.6. The van der Waals surface area contributed by atoms with Crippen molar-refractivity contribution < 1.29 is 4.79 Å². The average Bonchev–Trinajstić information content (AvgIpc) is 3.33. The van der Waals surface area contributed by atoms with Gasteiger partial charge in [0.25, 0.3) is 5.91 Å². The van der Waals surface area contributed by atoms with E-state index in [9.17, 15) is 4.79 Å². The molecule has 130 valence electrons. The number of benzene rings is 2. The van der Waals surface area contributed by atoms with E-state index in [1.807, 2.05) is 29.2 Å². The van der Waals surface area contributed by atoms with E-state index in [0.717, 1.165) is 42.5 Å². The Morgan fingerprint density at radius 2 is 1.81 bits per heavy atom. The molecule has 4 aromatic rings. The van der Waals surface area contributed by atoms with Gasteiger partial charge in [-0.25, -0.2) is 4.98 Å². The summed E-state index contributed by atoms with van der Waals surface area (Å²) < 4.78 is 9.67. The summed E-state index contributed by atoms with van der Waals surface area (Å²) in [6.07, 6.45) is 1.93. The molecule has 2 aromatic heterocycles. The zero-order valence-electron chi connectivity index (χ0n) is 14.0. The molecule has 26 heavy (non-hydrogen) atoms. The number of fused-ring (bicyclic) bond motifs is 2. The van der Waals surface area contributed by atoms with Crippen LogP contribution in [-0.2, 0) is 0 Å². The number of carbonyl (C=O) groups excluding carboxylic acids is 1. The zero-order chi connectivity index (χ0) is 17.5. The van der Waals surface area contributed by atoms with Crippen LogP contribution in [0.15, 0.2) is 42.5 Å². The molecular formula is C19H16N4OS2. The number of hydrogen-bond donors (Lipinski definition) is 0. The third-order valence-corrected chi connectivity index (χ3v) is 6.70. The van der Waals surface area contributed by atoms with E-state index in [1.54, 1.807) is 11.3 Å². The first-order valence-electron chi connectivity index (χ1n) is 8.65. The number of hydrogen-bond acceptors (Lipinski definition) is 6. The van der Waals surface area contributed by atoms with Crippen molar-refractivity contribution in [3.05, 3.63) is 53.0 Å². The number of likely N-dealkylation sites (tertiary alicyclic amines) is 1. The third-order valence-electron chi connectivity index (χ3n) is 4.94. The van der Waals surface area contributed by atoms with Gasteiger partial charge in [-0.2, -0.15) is 8.75 Å². The Balaban J connectivity index is 1.30. The zero-order valence-corrected chi connectivity index (χ0v) is 15.6. The number of aromatic nitrogens is 3. The minimum absolute atomic E-state index is 0.0858. The number of rotatable bonds is 2. The molecule has 0 atom stereocenters. The maximum Gasteiger partial charge on any atom is 0.253 e. The molecule has 1 amide bonds. The summed E-state index contributed by atoms with van der Waals surface area (Å²) in [6.45, 7) is 1.54. The van der Waals surface area contributed by atoms with Gasteiger partial charge in [-0.15, -0.1) is 11.3 Å². The lowest BCUT2D eigenvalue weighted by molar-refractivity contribution is 0.0713. The summed E-state index contributed by atoms with van der Waals surface area (Å²) in [5.41, 5.74) is 3.42. The summed E-state index contributed by atoms with van der Waals surface area (Å²) >= 11 is 2.96. The van der Waals surface area contributed by atoms with E-state index < -0.39 is 0 Å². The normalized spacial score (nSPS) is 15.8. The lowest BCUT2D eigenvalue weighted by Crippen LogP contribution is -2.37. The van der Waals surface area contributed by atoms with Crippen molar-refractivity contribution in [2.45, 2.75) is 18.8 Å². The Morgan fingerprint density at radius 3 is 2.65 bits per heavy atom. The summed E-state index contributed by atoms with van der Waals surface area (Å²) in [5, 5.41) is 1.20. The van der Waals surface area contributed by atoms with Gasteiger partial charge in [-0.3, -0.25) is 4.79 Å². The summed E-state index contributed by atoms with van der Waals surface area (Å²) in [7, 11) is 0. The molecular weight excluding hydrogens is 364 g/mol. The van der Waals surface area contributed by atoms with Gasteiger partial charge < -0.3 is 4.90 Å². The van der Waals surface area contributed by atoms with Crippen LogP contribution in [0.1, 0.15) is 34.1 Å². The number of thiazole rings is 1. The lowest BCUT2D eigenvalue weighted by Gasteiger charge is -2.31. The van der Waals surface area contributed by atoms with Crippen LogP contribution in [0.3, 0.4) is 0 Å². The van der Waals surface area contributed by atoms with Crippen LogP contribution in [-0.4, -0.2) is 37.6 Å². The van der Waals surface area contributed by atoms with Gasteiger partial charge in [0.05, 0.1) is 27.0 Å². The third kappa shape index (κ3) is 2.77. The van der Waals surface area contributed by atoms with Gasteiger partial charge in [0, 0.05) is 24.6 Å². The van der Waals surface area contributed by atoms with Crippen molar-refractivity contribution in [1.29, 1.82) is 0 Å². The van der Waals surface area contributed by atoms with Gasteiger partial charge in [-0.05, 0) is 43.2 Å². The topological polar surface area (TPSA) is 59.0 Å². The molecule has 7 heteroatoms. The van der Waals surface area contributed by atoms with E-state index in [0.29, 0.717) is 11.5 Å². The Labute approximate surface area is 158 Å². The highest BCUT2D eigenvalue weighted by molar-refractivity contribution is 7.18. The minimum atomic E-state index is 0.0858. The predicted molar refractivity (Wildman–Crippen MR) is 105 cm³/mol. The Bertz CT molecular complexity index is 1060. The number of carbonyl (C=O) groups is 1. The van der Waals surface area contributed by atoms with Crippen molar-refractivity contribution in [2.24, 2.45) is 0 Å². The highest BCUT2D eigenvalue weighted by Gasteiger charge is 2.26. The molecule has 2 aromatic carbocycles. The molecule has 0 bridgehead atoms. The van der Waals surface area contributed by atoms with Crippen LogP contribution in [0.4, 0.5) is 0 Å². The van der Waals surface area contributed by atoms with Gasteiger partial charge in [0.2, 0.25) is 0 Å². The quantitative estimate of drug-likeness (QED) is 0.520. The molecule has 1 aliphatic heterocycles. The fourth-order valence-corrected chi connectivity index (χ4v) is 5.15. The monoisotopic (exact) mass is 380 g/mol. The first kappa shape index (κ1) is 15.8. The van der Waals surface area contributed by atoms with Crippen LogP contribution >= 0.6 is 23.1 Å². The molecule has 0 N–H and O–H groups in total. The largest absolute Gasteiger partial charge is 0.339 e. The molecule has 5 nitrogen and oxygen atoms in total. The predicted octanol–water partition coefficient (Wildman–Crippen LogP) is 4.32. The van der Waals surface area contributed by atoms with Crippen LogP contribution in [0.25, 0.3) is 21.3 Å². The molecule has 1 fully saturated rings. The minimum Gasteiger partial charge on any atom is -0.339 e. The van der Waals surface area contributed by atoms with Gasteiger partial charge in [-0.1, -0.05) is 12.1 Å². The first-order valence-corrected chi connectivity index (χ1v) is 10.2. The first-order chi connectivity index (χ1) is 12.8. The molecule has 0 radical (unpaired) electrons. The molecule has 0 spiro atoms. The molecule has 0 aliphatic carbocycles. The Hall–Kier alpha value is -2.38. The highest BCUT2D eigenvalue weighted by Crippen LogP contribution is 2.34. The fourth-order valence-electron chi connectivity index (χ4n) is 3.49. The number of piperidine rings is 1. The van der Waals surface area contributed by atoms with Crippen molar-refractivity contribution >= 4 is 50.2 Å². The van der Waals surface area contributed by atoms with E-state index >= 15 is 0 Å². The van der Waals surface area contributed by atoms with Gasteiger partial charge >= 0.3 is 0 Å². The summed E-state index contributed by atoms with van der Waals surface area (Å²) in [6, 6.07) is 13.9. The molecule has 0 saturated carbocycles. The molecule has 1 saturated heterocycles. The second kappa shape index (κ2) is 6.41. The lowest BCUT2D eigenvalue weighted by atomic mass is 9.97. The summed E-state index contributed by atoms with van der Waals surface area (Å²) in [5.74, 6) is 0.532. The van der Waals surface area contributed by atoms with Crippen molar-refractivity contribution in [3.63, 3.8) is 0 Å². The van der Waals surface area contributed by atoms with Crippen LogP contribution < -0.4 is 0 Å². The van der Waals surface area contributed by atoms with Crippen molar-refractivity contribution in [2.75, 3.05) is 13.1 Å². The van der Waals surface area contributed by atoms with Crippen LogP contribution in [0.2, 0.25) is 0 Å². The fraction of sp³-hybridized carbons (Fsp3) is 0.263. The van der Waals surface area contributed by atoms with E-state index in [-0.39, 0.29) is 5.91 Å². The number of para-hydroxylation sites is 1. The van der Waals surface area contributed by atoms with Gasteiger partial charge in [0.1, 0.15) is 11.0 Å².